The molecule has 88 valence electrons. The summed E-state index contributed by atoms with van der Waals surface area (Å²) in [5, 5.41) is 3.90. The van der Waals surface area contributed by atoms with Gasteiger partial charge in [-0.15, -0.1) is 0 Å². The summed E-state index contributed by atoms with van der Waals surface area (Å²) in [7, 11) is 1.79. The lowest BCUT2D eigenvalue weighted by atomic mass is 9.87. The fourth-order valence-electron chi connectivity index (χ4n) is 2.21. The minimum atomic E-state index is -0.0665. The number of nitrogens with one attached hydrogen (secondary N) is 1. The number of pyridine rings is 1. The van der Waals surface area contributed by atoms with Crippen molar-refractivity contribution in [3.8, 4) is 0 Å². The molecule has 0 aromatic carbocycles. The van der Waals surface area contributed by atoms with Crippen molar-refractivity contribution in [3.63, 3.8) is 0 Å². The maximum Gasteiger partial charge on any atom is 0.129 e. The Morgan fingerprint density at radius 1 is 1.44 bits per heavy atom. The van der Waals surface area contributed by atoms with Crippen molar-refractivity contribution in [1.82, 2.24) is 10.3 Å². The standard InChI is InChI=1S/C12H17ClN2O/c1-16-12(5-7-14-8-6-12)9-10-3-2-4-11(13)15-10/h2-4,14H,5-9H2,1H3. The van der Waals surface area contributed by atoms with Crippen molar-refractivity contribution in [1.29, 1.82) is 0 Å². The van der Waals surface area contributed by atoms with Gasteiger partial charge in [0, 0.05) is 19.2 Å². The number of nitrogens with zero attached hydrogens (tertiary/aromatic N) is 1. The third-order valence-electron chi connectivity index (χ3n) is 3.22. The molecule has 0 unspecified atom stereocenters. The predicted octanol–water partition coefficient (Wildman–Crippen LogP) is 2.05. The van der Waals surface area contributed by atoms with Crippen molar-refractivity contribution >= 4 is 11.6 Å². The van der Waals surface area contributed by atoms with Gasteiger partial charge in [-0.2, -0.15) is 0 Å². The van der Waals surface area contributed by atoms with Crippen LogP contribution in [0.15, 0.2) is 18.2 Å². The molecule has 0 bridgehead atoms. The molecule has 3 nitrogen and oxygen atoms in total. The molecule has 1 aliphatic heterocycles. The van der Waals surface area contributed by atoms with E-state index in [0.29, 0.717) is 5.15 Å². The maximum absolute atomic E-state index is 5.89. The van der Waals surface area contributed by atoms with E-state index in [1.165, 1.54) is 0 Å². The average Bonchev–Trinajstić information content (AvgIpc) is 2.30. The molecule has 0 aliphatic carbocycles. The summed E-state index contributed by atoms with van der Waals surface area (Å²) in [6.07, 6.45) is 2.89. The second-order valence-corrected chi connectivity index (χ2v) is 4.65. The molecular weight excluding hydrogens is 224 g/mol. The molecule has 0 atom stereocenters. The van der Waals surface area contributed by atoms with Crippen LogP contribution in [-0.2, 0) is 11.2 Å². The number of piperidine rings is 1. The van der Waals surface area contributed by atoms with Gasteiger partial charge in [0.15, 0.2) is 0 Å². The third-order valence-corrected chi connectivity index (χ3v) is 3.43. The lowest BCUT2D eigenvalue weighted by Gasteiger charge is -2.36. The smallest absolute Gasteiger partial charge is 0.129 e. The van der Waals surface area contributed by atoms with E-state index < -0.39 is 0 Å². The Balaban J connectivity index is 2.11. The molecule has 1 saturated heterocycles. The van der Waals surface area contributed by atoms with Crippen LogP contribution < -0.4 is 5.32 Å². The van der Waals surface area contributed by atoms with E-state index in [4.69, 9.17) is 16.3 Å². The molecule has 0 spiro atoms. The molecule has 0 amide bonds. The van der Waals surface area contributed by atoms with Crippen LogP contribution in [0.5, 0.6) is 0 Å². The van der Waals surface area contributed by atoms with E-state index in [2.05, 4.69) is 10.3 Å². The molecule has 1 aromatic heterocycles. The Labute approximate surface area is 101 Å². The van der Waals surface area contributed by atoms with Crippen LogP contribution in [-0.4, -0.2) is 30.8 Å². The molecule has 4 heteroatoms. The predicted molar refractivity (Wildman–Crippen MR) is 64.8 cm³/mol. The molecular formula is C12H17ClN2O. The fourth-order valence-corrected chi connectivity index (χ4v) is 2.40. The number of hydrogen-bond donors (Lipinski definition) is 1. The van der Waals surface area contributed by atoms with E-state index in [9.17, 15) is 0 Å². The van der Waals surface area contributed by atoms with Gasteiger partial charge in [-0.05, 0) is 38.1 Å². The highest BCUT2D eigenvalue weighted by atomic mass is 35.5. The Kier molecular flexibility index (Phi) is 3.79. The Morgan fingerprint density at radius 3 is 2.81 bits per heavy atom. The van der Waals surface area contributed by atoms with E-state index >= 15 is 0 Å². The maximum atomic E-state index is 5.89. The molecule has 2 heterocycles. The minimum absolute atomic E-state index is 0.0665. The van der Waals surface area contributed by atoms with Gasteiger partial charge in [-0.3, -0.25) is 0 Å². The highest BCUT2D eigenvalue weighted by molar-refractivity contribution is 6.29. The zero-order valence-corrected chi connectivity index (χ0v) is 10.3. The number of rotatable bonds is 3. The normalized spacial score (nSPS) is 19.6. The largest absolute Gasteiger partial charge is 0.378 e. The molecule has 1 N–H and O–H groups in total. The third kappa shape index (κ3) is 2.73. The van der Waals surface area contributed by atoms with Gasteiger partial charge in [0.05, 0.1) is 5.60 Å². The lowest BCUT2D eigenvalue weighted by molar-refractivity contribution is -0.0340. The summed E-state index contributed by atoms with van der Waals surface area (Å²) in [5.74, 6) is 0. The SMILES string of the molecule is COC1(Cc2cccc(Cl)n2)CCNCC1. The topological polar surface area (TPSA) is 34.1 Å². The average molecular weight is 241 g/mol. The van der Waals surface area contributed by atoms with E-state index in [1.807, 2.05) is 12.1 Å². The van der Waals surface area contributed by atoms with Crippen molar-refractivity contribution in [3.05, 3.63) is 29.0 Å². The summed E-state index contributed by atoms with van der Waals surface area (Å²) in [6, 6.07) is 5.75. The number of aromatic nitrogens is 1. The van der Waals surface area contributed by atoms with Gasteiger partial charge in [0.25, 0.3) is 0 Å². The summed E-state index contributed by atoms with van der Waals surface area (Å²) in [5.41, 5.74) is 0.944. The molecule has 16 heavy (non-hydrogen) atoms. The van der Waals surface area contributed by atoms with Crippen LogP contribution >= 0.6 is 11.6 Å². The first-order valence-corrected chi connectivity index (χ1v) is 5.99. The van der Waals surface area contributed by atoms with Gasteiger partial charge in [0.2, 0.25) is 0 Å². The molecule has 1 aliphatic rings. The number of halogens is 1. The minimum Gasteiger partial charge on any atom is -0.378 e. The number of ether oxygens (including phenoxy) is 1. The van der Waals surface area contributed by atoms with Crippen molar-refractivity contribution < 1.29 is 4.74 Å². The number of hydrogen-bond acceptors (Lipinski definition) is 3. The lowest BCUT2D eigenvalue weighted by Crippen LogP contribution is -2.45. The number of methoxy groups -OCH3 is 1. The molecule has 2 rings (SSSR count). The summed E-state index contributed by atoms with van der Waals surface area (Å²) in [4.78, 5) is 4.33. The van der Waals surface area contributed by atoms with Crippen LogP contribution in [0.2, 0.25) is 5.15 Å². The van der Waals surface area contributed by atoms with E-state index in [-0.39, 0.29) is 5.60 Å². The van der Waals surface area contributed by atoms with Crippen LogP contribution in [0.4, 0.5) is 0 Å². The van der Waals surface area contributed by atoms with Crippen LogP contribution in [0.3, 0.4) is 0 Å². The van der Waals surface area contributed by atoms with Crippen LogP contribution in [0.1, 0.15) is 18.5 Å². The Morgan fingerprint density at radius 2 is 2.19 bits per heavy atom. The van der Waals surface area contributed by atoms with Gasteiger partial charge in [-0.25, -0.2) is 4.98 Å². The monoisotopic (exact) mass is 240 g/mol. The first kappa shape index (κ1) is 11.8. The second kappa shape index (κ2) is 5.13. The van der Waals surface area contributed by atoms with Crippen LogP contribution in [0.25, 0.3) is 0 Å². The molecule has 1 fully saturated rings. The van der Waals surface area contributed by atoms with Gasteiger partial charge >= 0.3 is 0 Å². The molecule has 0 saturated carbocycles. The van der Waals surface area contributed by atoms with Crippen LogP contribution in [0, 0.1) is 0 Å². The first-order valence-electron chi connectivity index (χ1n) is 5.61. The highest BCUT2D eigenvalue weighted by Gasteiger charge is 2.32. The zero-order valence-electron chi connectivity index (χ0n) is 9.50. The van der Waals surface area contributed by atoms with E-state index in [1.54, 1.807) is 13.2 Å². The van der Waals surface area contributed by atoms with E-state index in [0.717, 1.165) is 38.0 Å². The van der Waals surface area contributed by atoms with Crippen molar-refractivity contribution in [2.24, 2.45) is 0 Å². The highest BCUT2D eigenvalue weighted by Crippen LogP contribution is 2.26. The van der Waals surface area contributed by atoms with Gasteiger partial charge in [-0.1, -0.05) is 17.7 Å². The Bertz CT molecular complexity index is 351. The summed E-state index contributed by atoms with van der Waals surface area (Å²) < 4.78 is 5.70. The van der Waals surface area contributed by atoms with Gasteiger partial charge in [0.1, 0.15) is 5.15 Å². The summed E-state index contributed by atoms with van der Waals surface area (Å²) in [6.45, 7) is 2.02. The van der Waals surface area contributed by atoms with Crippen molar-refractivity contribution in [2.45, 2.75) is 24.9 Å². The summed E-state index contributed by atoms with van der Waals surface area (Å²) >= 11 is 5.89. The first-order chi connectivity index (χ1) is 7.74. The molecule has 0 radical (unpaired) electrons. The van der Waals surface area contributed by atoms with Gasteiger partial charge < -0.3 is 10.1 Å². The molecule has 1 aromatic rings. The van der Waals surface area contributed by atoms with Crippen molar-refractivity contribution in [2.75, 3.05) is 20.2 Å². The second-order valence-electron chi connectivity index (χ2n) is 4.27. The zero-order chi connectivity index (χ0) is 11.4. The Hall–Kier alpha value is -0.640. The quantitative estimate of drug-likeness (QED) is 0.822. The fraction of sp³-hybridized carbons (Fsp3) is 0.583.